The predicted molar refractivity (Wildman–Crippen MR) is 233 cm³/mol. The van der Waals surface area contributed by atoms with Crippen LogP contribution in [0.4, 0.5) is 21.8 Å². The number of benzene rings is 1. The number of rotatable bonds is 11. The number of sulfonamides is 1. The first-order chi connectivity index (χ1) is 29.9. The number of halogens is 1. The average molecular weight is 887 g/mol. The molecule has 1 aromatic carbocycles. The lowest BCUT2D eigenvalue weighted by atomic mass is 9.90. The molecule has 4 N–H and O–H groups in total. The molecular formula is C43H51FN10O6S2. The van der Waals surface area contributed by atoms with Gasteiger partial charge >= 0.3 is 0 Å². The highest BCUT2D eigenvalue weighted by Crippen LogP contribution is 2.43. The number of likely N-dealkylation sites (tertiary alicyclic amines) is 2. The molecule has 4 aromatic rings. The van der Waals surface area contributed by atoms with Crippen LogP contribution in [0.1, 0.15) is 87.1 Å². The van der Waals surface area contributed by atoms with Gasteiger partial charge in [0.25, 0.3) is 0 Å². The van der Waals surface area contributed by atoms with E-state index in [0.717, 1.165) is 16.4 Å². The van der Waals surface area contributed by atoms with Crippen LogP contribution in [0.3, 0.4) is 0 Å². The molecule has 0 unspecified atom stereocenters. The minimum Gasteiger partial charge on any atom is -0.368 e. The van der Waals surface area contributed by atoms with E-state index in [1.807, 2.05) is 21.9 Å². The first kappa shape index (κ1) is 43.1. The molecule has 4 amide bonds. The summed E-state index contributed by atoms with van der Waals surface area (Å²) < 4.78 is 43.5. The molecule has 0 spiro atoms. The van der Waals surface area contributed by atoms with Crippen molar-refractivity contribution in [3.05, 3.63) is 65.2 Å². The molecule has 4 aliphatic heterocycles. The van der Waals surface area contributed by atoms with E-state index in [1.54, 1.807) is 31.3 Å². The number of amides is 4. The largest absolute Gasteiger partial charge is 0.368 e. The predicted octanol–water partition coefficient (Wildman–Crippen LogP) is 4.92. The third-order valence-electron chi connectivity index (χ3n) is 12.4. The second-order valence-electron chi connectivity index (χ2n) is 16.5. The van der Waals surface area contributed by atoms with Gasteiger partial charge in [-0.25, -0.2) is 32.7 Å². The van der Waals surface area contributed by atoms with E-state index < -0.39 is 15.8 Å². The Morgan fingerprint density at radius 2 is 1.56 bits per heavy atom. The van der Waals surface area contributed by atoms with Crippen LogP contribution >= 0.6 is 11.3 Å². The normalized spacial score (nSPS) is 19.7. The Bertz CT molecular complexity index is 2430. The number of piperidine rings is 4. The average Bonchev–Trinajstić information content (AvgIpc) is 3.72. The van der Waals surface area contributed by atoms with E-state index in [-0.39, 0.29) is 70.3 Å². The number of carbonyl (C=O) groups is 4. The molecule has 328 valence electrons. The van der Waals surface area contributed by atoms with Gasteiger partial charge in [0.2, 0.25) is 39.6 Å². The molecule has 1 atom stereocenters. The van der Waals surface area contributed by atoms with E-state index in [2.05, 4.69) is 29.9 Å². The number of nitrogen functional groups attached to an aromatic ring is 1. The van der Waals surface area contributed by atoms with Gasteiger partial charge in [0.1, 0.15) is 5.82 Å². The Morgan fingerprint density at radius 1 is 0.887 bits per heavy atom. The molecule has 16 nitrogen and oxygen atoms in total. The highest BCUT2D eigenvalue weighted by atomic mass is 32.2. The van der Waals surface area contributed by atoms with Crippen LogP contribution in [0.2, 0.25) is 0 Å². The van der Waals surface area contributed by atoms with E-state index in [1.165, 1.54) is 23.6 Å². The zero-order valence-corrected chi connectivity index (χ0v) is 36.2. The Morgan fingerprint density at radius 3 is 2.19 bits per heavy atom. The van der Waals surface area contributed by atoms with Gasteiger partial charge in [-0.1, -0.05) is 19.1 Å². The smallest absolute Gasteiger partial charge is 0.234 e. The van der Waals surface area contributed by atoms with Crippen molar-refractivity contribution in [1.82, 2.24) is 35.1 Å². The van der Waals surface area contributed by atoms with Gasteiger partial charge in [0.15, 0.2) is 5.82 Å². The molecule has 4 saturated heterocycles. The second kappa shape index (κ2) is 18.4. The van der Waals surface area contributed by atoms with Crippen LogP contribution in [-0.2, 0) is 29.2 Å². The van der Waals surface area contributed by atoms with Crippen molar-refractivity contribution in [3.8, 4) is 21.8 Å². The molecule has 7 heterocycles. The van der Waals surface area contributed by atoms with Gasteiger partial charge in [-0.05, 0) is 81.2 Å². The number of imide groups is 1. The van der Waals surface area contributed by atoms with Crippen molar-refractivity contribution >= 4 is 62.4 Å². The Labute approximate surface area is 364 Å². The first-order valence-corrected chi connectivity index (χ1v) is 23.9. The van der Waals surface area contributed by atoms with Crippen molar-refractivity contribution in [2.75, 3.05) is 60.4 Å². The molecular weight excluding hydrogens is 836 g/mol. The number of hydrogen-bond donors (Lipinski definition) is 3. The van der Waals surface area contributed by atoms with Gasteiger partial charge < -0.3 is 20.4 Å². The summed E-state index contributed by atoms with van der Waals surface area (Å²) in [6.07, 6.45) is 8.39. The molecule has 0 aliphatic carbocycles. The molecule has 4 aliphatic rings. The lowest BCUT2D eigenvalue weighted by Gasteiger charge is -2.39. The number of anilines is 3. The third-order valence-corrected chi connectivity index (χ3v) is 15.2. The highest BCUT2D eigenvalue weighted by molar-refractivity contribution is 7.92. The maximum Gasteiger partial charge on any atom is 0.234 e. The van der Waals surface area contributed by atoms with Gasteiger partial charge in [0, 0.05) is 81.4 Å². The summed E-state index contributed by atoms with van der Waals surface area (Å²) in [7, 11) is -3.74. The molecule has 8 rings (SSSR count). The van der Waals surface area contributed by atoms with E-state index in [0.29, 0.717) is 113 Å². The van der Waals surface area contributed by atoms with Gasteiger partial charge in [-0.2, -0.15) is 0 Å². The quantitative estimate of drug-likeness (QED) is 0.171. The van der Waals surface area contributed by atoms with Crippen LogP contribution in [0.25, 0.3) is 21.8 Å². The van der Waals surface area contributed by atoms with Gasteiger partial charge in [0.05, 0.1) is 38.6 Å². The summed E-state index contributed by atoms with van der Waals surface area (Å²) in [5, 5.41) is 3.17. The molecule has 19 heteroatoms. The number of pyridine rings is 1. The minimum absolute atomic E-state index is 0.00361. The number of hydrogen-bond acceptors (Lipinski definition) is 13. The third kappa shape index (κ3) is 9.42. The molecule has 3 aromatic heterocycles. The fourth-order valence-electron chi connectivity index (χ4n) is 9.02. The lowest BCUT2D eigenvalue weighted by Crippen LogP contribution is -2.48. The molecule has 0 radical (unpaired) electrons. The van der Waals surface area contributed by atoms with Crippen molar-refractivity contribution in [2.45, 2.75) is 76.5 Å². The summed E-state index contributed by atoms with van der Waals surface area (Å²) in [4.78, 5) is 75.8. The summed E-state index contributed by atoms with van der Waals surface area (Å²) in [6.45, 7) is 5.30. The zero-order chi connectivity index (χ0) is 43.5. The standard InChI is InChI=1S/C43H51FN10O6S2/c1-2-24-62(59,60)51-32-5-3-4-31(36(32)44)37-38(33-10-17-46-43(45)48-33)61-40(50-37)26-11-20-53(21-12-26)42(58)28-15-22-54(23-16-28)41(57)27-13-18-52(19-14-27)34-8-6-29(25-47-34)30-7-9-35(55)49-39(30)56/h3-6,8,10,17,25-28,30,51H,2,7,9,11-16,18-24H2,1H3,(H2,45,46,48)(H,49,55,56)/t30-/m0/s1. The highest BCUT2D eigenvalue weighted by Gasteiger charge is 2.36. The first-order valence-electron chi connectivity index (χ1n) is 21.4. The summed E-state index contributed by atoms with van der Waals surface area (Å²) in [5.74, 6) is -0.906. The Hall–Kier alpha value is -5.56. The van der Waals surface area contributed by atoms with Crippen molar-refractivity contribution in [3.63, 3.8) is 0 Å². The number of carbonyl (C=O) groups excluding carboxylic acids is 4. The monoisotopic (exact) mass is 886 g/mol. The molecule has 0 saturated carbocycles. The minimum atomic E-state index is -3.74. The van der Waals surface area contributed by atoms with E-state index in [9.17, 15) is 27.6 Å². The summed E-state index contributed by atoms with van der Waals surface area (Å²) in [6, 6.07) is 10.0. The molecule has 4 fully saturated rings. The Kier molecular flexibility index (Phi) is 12.8. The van der Waals surface area contributed by atoms with Crippen molar-refractivity contribution < 1.29 is 32.0 Å². The van der Waals surface area contributed by atoms with Gasteiger partial charge in [-0.3, -0.25) is 29.2 Å². The SMILES string of the molecule is CCCS(=O)(=O)Nc1cccc(-c2nc(C3CCN(C(=O)C4CCN(C(=O)C5CCN(c6ccc([C@@H]7CCC(=O)NC7=O)cn6)CC5)CC4)CC3)sc2-c2ccnc(N)n2)c1F. The number of aromatic nitrogens is 4. The number of thiazole rings is 1. The van der Waals surface area contributed by atoms with Crippen LogP contribution < -0.4 is 20.7 Å². The molecule has 0 bridgehead atoms. The van der Waals surface area contributed by atoms with Crippen molar-refractivity contribution in [1.29, 1.82) is 0 Å². The molecule has 62 heavy (non-hydrogen) atoms. The van der Waals surface area contributed by atoms with E-state index in [4.69, 9.17) is 10.7 Å². The summed E-state index contributed by atoms with van der Waals surface area (Å²) >= 11 is 1.39. The topological polar surface area (TPSA) is 214 Å². The van der Waals surface area contributed by atoms with Crippen LogP contribution in [0.15, 0.2) is 48.8 Å². The zero-order valence-electron chi connectivity index (χ0n) is 34.6. The lowest BCUT2D eigenvalue weighted by molar-refractivity contribution is -0.143. The fraction of sp³-hybridized carbons (Fsp3) is 0.488. The fourth-order valence-corrected chi connectivity index (χ4v) is 11.4. The maximum absolute atomic E-state index is 16.1. The van der Waals surface area contributed by atoms with Gasteiger partial charge in [-0.15, -0.1) is 11.3 Å². The van der Waals surface area contributed by atoms with E-state index >= 15 is 4.39 Å². The second-order valence-corrected chi connectivity index (χ2v) is 19.4. The number of nitrogens with zero attached hydrogens (tertiary/aromatic N) is 7. The van der Waals surface area contributed by atoms with Crippen molar-refractivity contribution in [2.24, 2.45) is 11.8 Å². The number of nitrogens with two attached hydrogens (primary N) is 1. The van der Waals surface area contributed by atoms with Crippen LogP contribution in [0.5, 0.6) is 0 Å². The van der Waals surface area contributed by atoms with Crippen LogP contribution in [-0.4, -0.2) is 107 Å². The summed E-state index contributed by atoms with van der Waals surface area (Å²) in [5.41, 5.74) is 7.50. The van der Waals surface area contributed by atoms with Crippen LogP contribution in [0, 0.1) is 17.7 Å². The maximum atomic E-state index is 16.1. The Balaban J connectivity index is 0.844. The number of nitrogens with one attached hydrogen (secondary N) is 2.